The van der Waals surface area contributed by atoms with Crippen molar-refractivity contribution in [2.45, 2.75) is 13.0 Å². The fraction of sp³-hybridized carbons (Fsp3) is 0.231. The topological polar surface area (TPSA) is 36.9 Å². The van der Waals surface area contributed by atoms with E-state index < -0.39 is 0 Å². The molecule has 0 aliphatic rings. The highest BCUT2D eigenvalue weighted by molar-refractivity contribution is 5.91. The molecule has 1 atom stereocenters. The van der Waals surface area contributed by atoms with Gasteiger partial charge in [-0.05, 0) is 24.4 Å². The number of quaternary nitrogens is 1. The first-order valence-corrected chi connectivity index (χ1v) is 5.12. The molecule has 0 heterocycles. The molecule has 0 saturated carbocycles. The third-order valence-electron chi connectivity index (χ3n) is 2.67. The van der Waals surface area contributed by atoms with Crippen molar-refractivity contribution in [1.82, 2.24) is 0 Å². The number of fused-ring (bicyclic) bond motifs is 1. The molecule has 78 valence electrons. The maximum Gasteiger partial charge on any atom is 0.126 e. The largest absolute Gasteiger partial charge is 0.496 e. The fourth-order valence-electron chi connectivity index (χ4n) is 1.90. The van der Waals surface area contributed by atoms with E-state index in [1.54, 1.807) is 7.11 Å². The molecule has 0 amide bonds. The molecule has 2 heteroatoms. The standard InChI is InChI=1S/C13H15NO/c1-9(14)10-7-8-13(15-2)12-6-4-3-5-11(10)12/h3-9H,14H2,1-2H3/p+1/t9-/m0/s1. The van der Waals surface area contributed by atoms with Gasteiger partial charge in [-0.15, -0.1) is 0 Å². The van der Waals surface area contributed by atoms with Crippen LogP contribution in [0.25, 0.3) is 10.8 Å². The highest BCUT2D eigenvalue weighted by Gasteiger charge is 2.10. The lowest BCUT2D eigenvalue weighted by atomic mass is 9.99. The molecule has 0 aromatic heterocycles. The molecule has 0 fully saturated rings. The van der Waals surface area contributed by atoms with Gasteiger partial charge < -0.3 is 10.5 Å². The van der Waals surface area contributed by atoms with E-state index in [2.05, 4.69) is 30.9 Å². The lowest BCUT2D eigenvalue weighted by Gasteiger charge is -2.10. The Morgan fingerprint density at radius 3 is 2.33 bits per heavy atom. The summed E-state index contributed by atoms with van der Waals surface area (Å²) < 4.78 is 5.34. The van der Waals surface area contributed by atoms with Crippen LogP contribution >= 0.6 is 0 Å². The van der Waals surface area contributed by atoms with Gasteiger partial charge in [-0.3, -0.25) is 0 Å². The van der Waals surface area contributed by atoms with Crippen LogP contribution in [0.4, 0.5) is 0 Å². The second-order valence-electron chi connectivity index (χ2n) is 3.80. The SMILES string of the molecule is COc1ccc([C@H](C)[NH3+])c2ccccc12. The van der Waals surface area contributed by atoms with Gasteiger partial charge in [0.1, 0.15) is 11.8 Å². The normalized spacial score (nSPS) is 12.7. The number of ether oxygens (including phenoxy) is 1. The Morgan fingerprint density at radius 2 is 1.73 bits per heavy atom. The van der Waals surface area contributed by atoms with Gasteiger partial charge in [0.15, 0.2) is 0 Å². The Hall–Kier alpha value is -1.54. The summed E-state index contributed by atoms with van der Waals surface area (Å²) in [5, 5.41) is 2.40. The monoisotopic (exact) mass is 202 g/mol. The summed E-state index contributed by atoms with van der Waals surface area (Å²) in [5.41, 5.74) is 5.34. The Labute approximate surface area is 89.7 Å². The van der Waals surface area contributed by atoms with Gasteiger partial charge in [0, 0.05) is 10.9 Å². The highest BCUT2D eigenvalue weighted by atomic mass is 16.5. The van der Waals surface area contributed by atoms with Crippen LogP contribution in [-0.4, -0.2) is 7.11 Å². The van der Waals surface area contributed by atoms with Crippen LogP contribution in [0.1, 0.15) is 18.5 Å². The summed E-state index contributed by atoms with van der Waals surface area (Å²) >= 11 is 0. The molecule has 0 aliphatic heterocycles. The van der Waals surface area contributed by atoms with E-state index in [1.165, 1.54) is 10.9 Å². The van der Waals surface area contributed by atoms with E-state index in [9.17, 15) is 0 Å². The minimum absolute atomic E-state index is 0.292. The molecule has 2 nitrogen and oxygen atoms in total. The van der Waals surface area contributed by atoms with Crippen molar-refractivity contribution in [2.24, 2.45) is 0 Å². The van der Waals surface area contributed by atoms with Crippen LogP contribution < -0.4 is 10.5 Å². The van der Waals surface area contributed by atoms with E-state index in [-0.39, 0.29) is 0 Å². The fourth-order valence-corrected chi connectivity index (χ4v) is 1.90. The van der Waals surface area contributed by atoms with Gasteiger partial charge in [0.05, 0.1) is 7.11 Å². The van der Waals surface area contributed by atoms with Gasteiger partial charge >= 0.3 is 0 Å². The maximum atomic E-state index is 5.34. The number of rotatable bonds is 2. The molecule has 0 spiro atoms. The minimum atomic E-state index is 0.292. The highest BCUT2D eigenvalue weighted by Crippen LogP contribution is 2.30. The van der Waals surface area contributed by atoms with E-state index >= 15 is 0 Å². The Kier molecular flexibility index (Phi) is 2.60. The molecule has 0 bridgehead atoms. The first-order valence-electron chi connectivity index (χ1n) is 5.12. The molecule has 2 rings (SSSR count). The van der Waals surface area contributed by atoms with Crippen LogP contribution in [0, 0.1) is 0 Å². The van der Waals surface area contributed by atoms with Crippen molar-refractivity contribution in [3.63, 3.8) is 0 Å². The Bertz CT molecular complexity index is 477. The molecule has 15 heavy (non-hydrogen) atoms. The number of hydrogen-bond acceptors (Lipinski definition) is 1. The number of methoxy groups -OCH3 is 1. The van der Waals surface area contributed by atoms with E-state index in [0.29, 0.717) is 6.04 Å². The average molecular weight is 202 g/mol. The molecule has 0 aliphatic carbocycles. The van der Waals surface area contributed by atoms with E-state index in [1.807, 2.05) is 18.2 Å². The predicted molar refractivity (Wildman–Crippen MR) is 61.8 cm³/mol. The molecule has 0 unspecified atom stereocenters. The first kappa shape index (κ1) is 9.99. The molecule has 0 saturated heterocycles. The van der Waals surface area contributed by atoms with Gasteiger partial charge in [-0.1, -0.05) is 24.3 Å². The molecule has 2 aromatic carbocycles. The van der Waals surface area contributed by atoms with Crippen molar-refractivity contribution in [2.75, 3.05) is 7.11 Å². The van der Waals surface area contributed by atoms with Crippen molar-refractivity contribution >= 4 is 10.8 Å². The quantitative estimate of drug-likeness (QED) is 0.796. The van der Waals surface area contributed by atoms with Gasteiger partial charge in [-0.2, -0.15) is 0 Å². The van der Waals surface area contributed by atoms with Crippen molar-refractivity contribution in [3.05, 3.63) is 42.0 Å². The molecular formula is C13H16NO+. The summed E-state index contributed by atoms with van der Waals surface area (Å²) in [7, 11) is 1.70. The third-order valence-corrected chi connectivity index (χ3v) is 2.67. The van der Waals surface area contributed by atoms with Gasteiger partial charge in [0.25, 0.3) is 0 Å². The van der Waals surface area contributed by atoms with Crippen LogP contribution in [0.2, 0.25) is 0 Å². The van der Waals surface area contributed by atoms with Gasteiger partial charge in [0.2, 0.25) is 0 Å². The Balaban J connectivity index is 2.77. The van der Waals surface area contributed by atoms with Crippen molar-refractivity contribution in [1.29, 1.82) is 0 Å². The third kappa shape index (κ3) is 1.68. The summed E-state index contributed by atoms with van der Waals surface area (Å²) in [4.78, 5) is 0. The summed E-state index contributed by atoms with van der Waals surface area (Å²) in [5.74, 6) is 0.926. The van der Waals surface area contributed by atoms with Crippen LogP contribution in [0.3, 0.4) is 0 Å². The molecule has 2 aromatic rings. The van der Waals surface area contributed by atoms with Crippen molar-refractivity contribution in [3.8, 4) is 5.75 Å². The van der Waals surface area contributed by atoms with Crippen LogP contribution in [-0.2, 0) is 0 Å². The molecular weight excluding hydrogens is 186 g/mol. The number of benzene rings is 2. The summed E-state index contributed by atoms with van der Waals surface area (Å²) in [6.07, 6.45) is 0. The predicted octanol–water partition coefficient (Wildman–Crippen LogP) is 2.15. The maximum absolute atomic E-state index is 5.34. The zero-order valence-electron chi connectivity index (χ0n) is 9.16. The summed E-state index contributed by atoms with van der Waals surface area (Å²) in [6, 6.07) is 12.7. The van der Waals surface area contributed by atoms with Crippen LogP contribution in [0.5, 0.6) is 5.75 Å². The lowest BCUT2D eigenvalue weighted by molar-refractivity contribution is -0.420. The zero-order valence-corrected chi connectivity index (χ0v) is 9.16. The van der Waals surface area contributed by atoms with E-state index in [0.717, 1.165) is 11.1 Å². The van der Waals surface area contributed by atoms with E-state index in [4.69, 9.17) is 4.74 Å². The zero-order chi connectivity index (χ0) is 10.8. The minimum Gasteiger partial charge on any atom is -0.496 e. The van der Waals surface area contributed by atoms with Gasteiger partial charge in [-0.25, -0.2) is 0 Å². The first-order chi connectivity index (χ1) is 7.24. The smallest absolute Gasteiger partial charge is 0.126 e. The molecule has 0 radical (unpaired) electrons. The lowest BCUT2D eigenvalue weighted by Crippen LogP contribution is -2.51. The van der Waals surface area contributed by atoms with Crippen molar-refractivity contribution < 1.29 is 10.5 Å². The second kappa shape index (κ2) is 3.91. The molecule has 3 N–H and O–H groups in total. The second-order valence-corrected chi connectivity index (χ2v) is 3.80. The average Bonchev–Trinajstić information content (AvgIpc) is 2.27. The summed E-state index contributed by atoms with van der Waals surface area (Å²) in [6.45, 7) is 2.11. The number of hydrogen-bond donors (Lipinski definition) is 1. The van der Waals surface area contributed by atoms with Crippen LogP contribution in [0.15, 0.2) is 36.4 Å². The Morgan fingerprint density at radius 1 is 1.07 bits per heavy atom.